The number of para-hydroxylation sites is 3. The minimum absolute atomic E-state index is 0.402. The SMILES string of the molecule is c1ccc(C2=NC(c3cc(-c4ccc(-c5cccc6oc7ccccc7c56)c5oc6ccccc6c45)c4ccccc4c3)=NC(c3ccc4oc5ccccc5c4c3)N2)cc1. The Balaban J connectivity index is 1.03. The molecule has 1 unspecified atom stereocenters. The molecule has 6 heteroatoms. The third-order valence-electron chi connectivity index (χ3n) is 12.1. The second-order valence-corrected chi connectivity index (χ2v) is 15.7. The molecule has 0 amide bonds. The number of aliphatic imine (C=N–C) groups is 2. The van der Waals surface area contributed by atoms with Crippen LogP contribution in [-0.2, 0) is 0 Å². The maximum atomic E-state index is 6.88. The van der Waals surface area contributed by atoms with Gasteiger partial charge in [-0.25, -0.2) is 9.98 Å². The van der Waals surface area contributed by atoms with Crippen LogP contribution in [0.4, 0.5) is 0 Å². The van der Waals surface area contributed by atoms with Gasteiger partial charge in [0.25, 0.3) is 0 Å². The van der Waals surface area contributed by atoms with Crippen LogP contribution in [0, 0.1) is 0 Å². The van der Waals surface area contributed by atoms with E-state index in [4.69, 9.17) is 23.2 Å². The lowest BCUT2D eigenvalue weighted by Gasteiger charge is -2.24. The number of hydrogen-bond donors (Lipinski definition) is 1. The highest BCUT2D eigenvalue weighted by molar-refractivity contribution is 6.23. The summed E-state index contributed by atoms with van der Waals surface area (Å²) in [6.07, 6.45) is -0.402. The first-order valence-electron chi connectivity index (χ1n) is 20.5. The highest BCUT2D eigenvalue weighted by atomic mass is 16.3. The maximum absolute atomic E-state index is 6.88. The molecule has 61 heavy (non-hydrogen) atoms. The fourth-order valence-electron chi connectivity index (χ4n) is 9.33. The zero-order valence-corrected chi connectivity index (χ0v) is 32.6. The Morgan fingerprint density at radius 1 is 0.393 bits per heavy atom. The van der Waals surface area contributed by atoms with Gasteiger partial charge in [0.15, 0.2) is 5.84 Å². The number of amidine groups is 2. The van der Waals surface area contributed by atoms with Crippen LogP contribution < -0.4 is 5.32 Å². The summed E-state index contributed by atoms with van der Waals surface area (Å²) < 4.78 is 19.4. The van der Waals surface area contributed by atoms with Crippen molar-refractivity contribution >= 4 is 88.3 Å². The first-order chi connectivity index (χ1) is 30.2. The summed E-state index contributed by atoms with van der Waals surface area (Å²) in [4.78, 5) is 10.6. The molecule has 0 fully saturated rings. The molecule has 286 valence electrons. The molecule has 4 heterocycles. The number of hydrogen-bond acceptors (Lipinski definition) is 6. The lowest BCUT2D eigenvalue weighted by atomic mass is 9.89. The van der Waals surface area contributed by atoms with E-state index in [0.717, 1.165) is 121 Å². The molecule has 0 saturated carbocycles. The van der Waals surface area contributed by atoms with Crippen molar-refractivity contribution in [3.8, 4) is 22.3 Å². The van der Waals surface area contributed by atoms with E-state index in [9.17, 15) is 0 Å². The Hall–Kier alpha value is -8.22. The number of rotatable bonds is 5. The lowest BCUT2D eigenvalue weighted by Crippen LogP contribution is -2.33. The smallest absolute Gasteiger partial charge is 0.159 e. The van der Waals surface area contributed by atoms with Gasteiger partial charge in [-0.05, 0) is 87.6 Å². The molecule has 1 aliphatic heterocycles. The Bertz CT molecular complexity index is 3810. The third-order valence-corrected chi connectivity index (χ3v) is 12.1. The number of nitrogens with zero attached hydrogens (tertiary/aromatic N) is 2. The minimum Gasteiger partial charge on any atom is -0.456 e. The average molecular weight is 784 g/mol. The highest BCUT2D eigenvalue weighted by Crippen LogP contribution is 2.46. The third kappa shape index (κ3) is 5.29. The van der Waals surface area contributed by atoms with E-state index in [1.807, 2.05) is 66.7 Å². The molecule has 0 spiro atoms. The van der Waals surface area contributed by atoms with Gasteiger partial charge in [0, 0.05) is 49.0 Å². The molecule has 1 atom stereocenters. The molecule has 13 rings (SSSR count). The molecule has 1 N–H and O–H groups in total. The number of furan rings is 3. The Morgan fingerprint density at radius 3 is 1.85 bits per heavy atom. The summed E-state index contributed by atoms with van der Waals surface area (Å²) in [6.45, 7) is 0. The normalized spacial score (nSPS) is 14.4. The average Bonchev–Trinajstić information content (AvgIpc) is 4.03. The fourth-order valence-corrected chi connectivity index (χ4v) is 9.33. The Kier molecular flexibility index (Phi) is 7.27. The van der Waals surface area contributed by atoms with Crippen molar-refractivity contribution in [2.75, 3.05) is 0 Å². The zero-order valence-electron chi connectivity index (χ0n) is 32.6. The lowest BCUT2D eigenvalue weighted by molar-refractivity contribution is 0.663. The predicted molar refractivity (Wildman–Crippen MR) is 248 cm³/mol. The van der Waals surface area contributed by atoms with E-state index >= 15 is 0 Å². The van der Waals surface area contributed by atoms with Crippen LogP contribution in [0.1, 0.15) is 22.9 Å². The summed E-state index contributed by atoms with van der Waals surface area (Å²) in [7, 11) is 0. The Morgan fingerprint density at radius 2 is 1.02 bits per heavy atom. The van der Waals surface area contributed by atoms with Crippen molar-refractivity contribution in [2.45, 2.75) is 6.17 Å². The molecule has 0 bridgehead atoms. The van der Waals surface area contributed by atoms with E-state index < -0.39 is 6.17 Å². The summed E-state index contributed by atoms with van der Waals surface area (Å²) in [6, 6.07) is 65.1. The second-order valence-electron chi connectivity index (χ2n) is 15.7. The highest BCUT2D eigenvalue weighted by Gasteiger charge is 2.25. The van der Waals surface area contributed by atoms with E-state index in [1.165, 1.54) is 0 Å². The zero-order chi connectivity index (χ0) is 40.0. The van der Waals surface area contributed by atoms with Crippen LogP contribution in [-0.4, -0.2) is 11.7 Å². The van der Waals surface area contributed by atoms with Gasteiger partial charge in [-0.1, -0.05) is 133 Å². The van der Waals surface area contributed by atoms with Crippen LogP contribution in [0.2, 0.25) is 0 Å². The topological polar surface area (TPSA) is 76.2 Å². The first kappa shape index (κ1) is 33.7. The van der Waals surface area contributed by atoms with Gasteiger partial charge < -0.3 is 18.6 Å². The Labute approximate surface area is 348 Å². The second kappa shape index (κ2) is 13.1. The van der Waals surface area contributed by atoms with Gasteiger partial charge in [-0.3, -0.25) is 0 Å². The van der Waals surface area contributed by atoms with E-state index in [1.54, 1.807) is 0 Å². The quantitative estimate of drug-likeness (QED) is 0.189. The summed E-state index contributed by atoms with van der Waals surface area (Å²) in [5, 5.41) is 12.3. The molecular weight excluding hydrogens is 751 g/mol. The molecule has 6 nitrogen and oxygen atoms in total. The largest absolute Gasteiger partial charge is 0.456 e. The van der Waals surface area contributed by atoms with E-state index in [0.29, 0.717) is 5.84 Å². The molecule has 0 saturated heterocycles. The van der Waals surface area contributed by atoms with Gasteiger partial charge in [-0.15, -0.1) is 0 Å². The van der Waals surface area contributed by atoms with E-state index in [2.05, 4.69) is 127 Å². The molecule has 12 aromatic rings. The van der Waals surface area contributed by atoms with Crippen molar-refractivity contribution < 1.29 is 13.3 Å². The van der Waals surface area contributed by atoms with Crippen molar-refractivity contribution in [3.63, 3.8) is 0 Å². The van der Waals surface area contributed by atoms with E-state index in [-0.39, 0.29) is 0 Å². The molecule has 9 aromatic carbocycles. The van der Waals surface area contributed by atoms with Crippen LogP contribution in [0.15, 0.2) is 211 Å². The van der Waals surface area contributed by atoms with Crippen LogP contribution in [0.3, 0.4) is 0 Å². The minimum atomic E-state index is -0.402. The number of nitrogens with one attached hydrogen (secondary N) is 1. The van der Waals surface area contributed by atoms with Gasteiger partial charge >= 0.3 is 0 Å². The predicted octanol–water partition coefficient (Wildman–Crippen LogP) is 14.4. The van der Waals surface area contributed by atoms with Crippen molar-refractivity contribution in [1.82, 2.24) is 5.32 Å². The number of benzene rings is 9. The van der Waals surface area contributed by atoms with Gasteiger partial charge in [0.05, 0.1) is 0 Å². The maximum Gasteiger partial charge on any atom is 0.159 e. The van der Waals surface area contributed by atoms with Gasteiger partial charge in [0.1, 0.15) is 45.5 Å². The van der Waals surface area contributed by atoms with Crippen LogP contribution in [0.25, 0.3) is 98.8 Å². The van der Waals surface area contributed by atoms with Gasteiger partial charge in [0.2, 0.25) is 0 Å². The summed E-state index contributed by atoms with van der Waals surface area (Å²) >= 11 is 0. The number of fused-ring (bicyclic) bond motifs is 10. The molecule has 0 aliphatic carbocycles. The first-order valence-corrected chi connectivity index (χ1v) is 20.5. The monoisotopic (exact) mass is 783 g/mol. The van der Waals surface area contributed by atoms with Crippen LogP contribution in [0.5, 0.6) is 0 Å². The van der Waals surface area contributed by atoms with Crippen molar-refractivity contribution in [3.05, 3.63) is 205 Å². The molecule has 1 aliphatic rings. The fraction of sp³-hybridized carbons (Fsp3) is 0.0182. The molecule has 0 radical (unpaired) electrons. The standard InChI is InChI=1S/C55H33N3O3/c1-2-13-32(14-3-1)53-56-54(34-25-28-48-44(30-34)37-17-6-9-21-45(37)59-48)58-55(57-53)35-29-33-15-4-5-16-36(33)43(31-35)39-26-27-40(52-51(39)42-19-8-11-23-47(42)61-52)38-20-12-24-49-50(38)41-18-7-10-22-46(41)60-49/h1-31,54H,(H,56,57,58). The summed E-state index contributed by atoms with van der Waals surface area (Å²) in [5.41, 5.74) is 12.2. The summed E-state index contributed by atoms with van der Waals surface area (Å²) in [5.74, 6) is 1.41. The van der Waals surface area contributed by atoms with Gasteiger partial charge in [-0.2, -0.15) is 0 Å². The van der Waals surface area contributed by atoms with Crippen LogP contribution >= 0.6 is 0 Å². The molecule has 3 aromatic heterocycles. The van der Waals surface area contributed by atoms with Crippen molar-refractivity contribution in [1.29, 1.82) is 0 Å². The molecular formula is C55H33N3O3. The van der Waals surface area contributed by atoms with Crippen molar-refractivity contribution in [2.24, 2.45) is 9.98 Å².